The van der Waals surface area contributed by atoms with E-state index >= 15 is 0 Å². The van der Waals surface area contributed by atoms with Gasteiger partial charge in [-0.2, -0.15) is 0 Å². The molecular formula is C12H27NO. The average molecular weight is 201 g/mol. The molecule has 0 saturated heterocycles. The van der Waals surface area contributed by atoms with E-state index in [2.05, 4.69) is 26.1 Å². The zero-order valence-electron chi connectivity index (χ0n) is 10.5. The van der Waals surface area contributed by atoms with Gasteiger partial charge in [-0.25, -0.2) is 0 Å². The van der Waals surface area contributed by atoms with Gasteiger partial charge in [0.25, 0.3) is 0 Å². The Labute approximate surface area is 89.4 Å². The smallest absolute Gasteiger partial charge is 0.0724 e. The largest absolute Gasteiger partial charge is 0.380 e. The first-order valence-electron chi connectivity index (χ1n) is 5.85. The molecule has 0 aromatic carbocycles. The number of hydrogen-bond donors (Lipinski definition) is 1. The van der Waals surface area contributed by atoms with Crippen molar-refractivity contribution < 1.29 is 4.74 Å². The lowest BCUT2D eigenvalue weighted by atomic mass is 9.97. The Morgan fingerprint density at radius 1 is 1.14 bits per heavy atom. The topological polar surface area (TPSA) is 21.3 Å². The minimum Gasteiger partial charge on any atom is -0.380 e. The molecular weight excluding hydrogens is 174 g/mol. The first-order valence-corrected chi connectivity index (χ1v) is 5.85. The van der Waals surface area contributed by atoms with Crippen LogP contribution < -0.4 is 5.32 Å². The van der Waals surface area contributed by atoms with Gasteiger partial charge in [0.2, 0.25) is 0 Å². The van der Waals surface area contributed by atoms with Gasteiger partial charge < -0.3 is 10.1 Å². The fraction of sp³-hybridized carbons (Fsp3) is 1.00. The summed E-state index contributed by atoms with van der Waals surface area (Å²) in [5, 5.41) is 3.37. The second-order valence-corrected chi connectivity index (χ2v) is 4.43. The van der Waals surface area contributed by atoms with Crippen LogP contribution in [0.15, 0.2) is 0 Å². The molecule has 1 N–H and O–H groups in total. The molecule has 0 aromatic rings. The third kappa shape index (κ3) is 5.61. The normalized spacial score (nSPS) is 15.9. The highest BCUT2D eigenvalue weighted by atomic mass is 16.5. The summed E-state index contributed by atoms with van der Waals surface area (Å²) in [7, 11) is 3.85. The van der Waals surface area contributed by atoms with Crippen molar-refractivity contribution in [3.8, 4) is 0 Å². The molecule has 0 aliphatic heterocycles. The van der Waals surface area contributed by atoms with Gasteiger partial charge in [-0.3, -0.25) is 0 Å². The molecule has 0 amide bonds. The molecule has 2 heteroatoms. The molecule has 0 aliphatic carbocycles. The monoisotopic (exact) mass is 201 g/mol. The fourth-order valence-corrected chi connectivity index (χ4v) is 1.80. The second kappa shape index (κ2) is 8.25. The van der Waals surface area contributed by atoms with Crippen LogP contribution in [0, 0.1) is 5.92 Å². The third-order valence-corrected chi connectivity index (χ3v) is 2.75. The van der Waals surface area contributed by atoms with Crippen LogP contribution in [0.25, 0.3) is 0 Å². The molecule has 0 bridgehead atoms. The van der Waals surface area contributed by atoms with E-state index in [1.807, 2.05) is 14.2 Å². The summed E-state index contributed by atoms with van der Waals surface area (Å²) in [5.74, 6) is 0.782. The van der Waals surface area contributed by atoms with E-state index in [1.54, 1.807) is 0 Å². The van der Waals surface area contributed by atoms with E-state index in [-0.39, 0.29) is 0 Å². The highest BCUT2D eigenvalue weighted by Gasteiger charge is 2.18. The highest BCUT2D eigenvalue weighted by molar-refractivity contribution is 4.75. The van der Waals surface area contributed by atoms with Gasteiger partial charge in [-0.05, 0) is 32.2 Å². The van der Waals surface area contributed by atoms with Gasteiger partial charge in [-0.15, -0.1) is 0 Å². The third-order valence-electron chi connectivity index (χ3n) is 2.75. The van der Waals surface area contributed by atoms with Crippen molar-refractivity contribution in [3.63, 3.8) is 0 Å². The molecule has 0 radical (unpaired) electrons. The standard InChI is InChI=1S/C12H27NO/c1-6-7-12(14-5)11(13-4)9-8-10(2)3/h10-13H,6-9H2,1-5H3. The zero-order chi connectivity index (χ0) is 11.0. The second-order valence-electron chi connectivity index (χ2n) is 4.43. The van der Waals surface area contributed by atoms with Crippen LogP contribution in [-0.4, -0.2) is 26.3 Å². The number of ether oxygens (including phenoxy) is 1. The SMILES string of the molecule is CCCC(OC)C(CCC(C)C)NC. The number of nitrogens with one attached hydrogen (secondary N) is 1. The number of methoxy groups -OCH3 is 1. The molecule has 0 rings (SSSR count). The lowest BCUT2D eigenvalue weighted by molar-refractivity contribution is 0.0589. The predicted octanol–water partition coefficient (Wildman–Crippen LogP) is 2.83. The lowest BCUT2D eigenvalue weighted by Crippen LogP contribution is -2.39. The molecule has 0 fully saturated rings. The summed E-state index contributed by atoms with van der Waals surface area (Å²) < 4.78 is 5.51. The van der Waals surface area contributed by atoms with Gasteiger partial charge in [0, 0.05) is 13.2 Å². The van der Waals surface area contributed by atoms with E-state index in [4.69, 9.17) is 4.74 Å². The van der Waals surface area contributed by atoms with E-state index in [0.717, 1.165) is 12.3 Å². The first kappa shape index (κ1) is 13.9. The summed E-state index contributed by atoms with van der Waals surface area (Å²) >= 11 is 0. The minimum atomic E-state index is 0.378. The summed E-state index contributed by atoms with van der Waals surface area (Å²) in [6.45, 7) is 6.75. The van der Waals surface area contributed by atoms with Crippen LogP contribution in [0.5, 0.6) is 0 Å². The predicted molar refractivity (Wildman–Crippen MR) is 62.6 cm³/mol. The summed E-state index contributed by atoms with van der Waals surface area (Å²) in [4.78, 5) is 0. The Hall–Kier alpha value is -0.0800. The average Bonchev–Trinajstić information content (AvgIpc) is 2.16. The maximum absolute atomic E-state index is 5.51. The minimum absolute atomic E-state index is 0.378. The zero-order valence-corrected chi connectivity index (χ0v) is 10.5. The maximum atomic E-state index is 5.51. The van der Waals surface area contributed by atoms with Crippen molar-refractivity contribution in [2.75, 3.05) is 14.2 Å². The summed E-state index contributed by atoms with van der Waals surface area (Å²) in [5.41, 5.74) is 0. The van der Waals surface area contributed by atoms with Crippen LogP contribution in [0.1, 0.15) is 46.5 Å². The number of likely N-dealkylation sites (N-methyl/N-ethyl adjacent to an activating group) is 1. The van der Waals surface area contributed by atoms with Gasteiger partial charge in [-0.1, -0.05) is 27.2 Å². The molecule has 14 heavy (non-hydrogen) atoms. The van der Waals surface area contributed by atoms with Crippen molar-refractivity contribution in [2.24, 2.45) is 5.92 Å². The van der Waals surface area contributed by atoms with Crippen LogP contribution >= 0.6 is 0 Å². The van der Waals surface area contributed by atoms with E-state index < -0.39 is 0 Å². The maximum Gasteiger partial charge on any atom is 0.0724 e. The van der Waals surface area contributed by atoms with Gasteiger partial charge in [0.1, 0.15) is 0 Å². The van der Waals surface area contributed by atoms with Crippen molar-refractivity contribution in [2.45, 2.75) is 58.6 Å². The number of hydrogen-bond acceptors (Lipinski definition) is 2. The van der Waals surface area contributed by atoms with Crippen LogP contribution in [-0.2, 0) is 4.74 Å². The molecule has 0 aromatic heterocycles. The molecule has 0 heterocycles. The molecule has 2 atom stereocenters. The molecule has 0 saturated carbocycles. The molecule has 86 valence electrons. The molecule has 2 nitrogen and oxygen atoms in total. The Morgan fingerprint density at radius 2 is 1.79 bits per heavy atom. The van der Waals surface area contributed by atoms with E-state index in [1.165, 1.54) is 19.3 Å². The Bertz CT molecular complexity index is 125. The van der Waals surface area contributed by atoms with Crippen LogP contribution in [0.3, 0.4) is 0 Å². The quantitative estimate of drug-likeness (QED) is 0.652. The highest BCUT2D eigenvalue weighted by Crippen LogP contribution is 2.14. The number of rotatable bonds is 8. The fourth-order valence-electron chi connectivity index (χ4n) is 1.80. The van der Waals surface area contributed by atoms with Crippen LogP contribution in [0.4, 0.5) is 0 Å². The van der Waals surface area contributed by atoms with Crippen molar-refractivity contribution >= 4 is 0 Å². The Balaban J connectivity index is 3.94. The van der Waals surface area contributed by atoms with Gasteiger partial charge >= 0.3 is 0 Å². The molecule has 0 spiro atoms. The van der Waals surface area contributed by atoms with Crippen LogP contribution in [0.2, 0.25) is 0 Å². The van der Waals surface area contributed by atoms with Gasteiger partial charge in [0.05, 0.1) is 6.10 Å². The van der Waals surface area contributed by atoms with Crippen molar-refractivity contribution in [1.82, 2.24) is 5.32 Å². The summed E-state index contributed by atoms with van der Waals surface area (Å²) in [6.07, 6.45) is 5.21. The lowest BCUT2D eigenvalue weighted by Gasteiger charge is -2.26. The molecule has 0 aliphatic rings. The van der Waals surface area contributed by atoms with Crippen molar-refractivity contribution in [1.29, 1.82) is 0 Å². The van der Waals surface area contributed by atoms with Gasteiger partial charge in [0.15, 0.2) is 0 Å². The van der Waals surface area contributed by atoms with E-state index in [0.29, 0.717) is 12.1 Å². The molecule has 2 unspecified atom stereocenters. The first-order chi connectivity index (χ1) is 6.65. The Kier molecular flexibility index (Phi) is 8.20. The summed E-state index contributed by atoms with van der Waals surface area (Å²) in [6, 6.07) is 0.516. The Morgan fingerprint density at radius 3 is 2.14 bits per heavy atom. The van der Waals surface area contributed by atoms with Crippen molar-refractivity contribution in [3.05, 3.63) is 0 Å². The van der Waals surface area contributed by atoms with E-state index in [9.17, 15) is 0 Å².